The van der Waals surface area contributed by atoms with Crippen LogP contribution in [0.2, 0.25) is 0 Å². The van der Waals surface area contributed by atoms with Crippen LogP contribution >= 0.6 is 27.3 Å². The summed E-state index contributed by atoms with van der Waals surface area (Å²) in [6.45, 7) is 2.93. The molecule has 0 aliphatic rings. The van der Waals surface area contributed by atoms with E-state index in [4.69, 9.17) is 14.7 Å². The first-order chi connectivity index (χ1) is 9.22. The van der Waals surface area contributed by atoms with Crippen LogP contribution in [-0.4, -0.2) is 6.61 Å². The van der Waals surface area contributed by atoms with E-state index >= 15 is 0 Å². The molecule has 0 bridgehead atoms. The summed E-state index contributed by atoms with van der Waals surface area (Å²) in [5, 5.41) is 10.9. The maximum absolute atomic E-state index is 8.88. The van der Waals surface area contributed by atoms with E-state index in [0.29, 0.717) is 30.3 Å². The summed E-state index contributed by atoms with van der Waals surface area (Å²) in [6.07, 6.45) is 0. The molecule has 2 rings (SSSR count). The number of nitriles is 1. The minimum atomic E-state index is 0.488. The summed E-state index contributed by atoms with van der Waals surface area (Å²) in [5.41, 5.74) is 0.565. The van der Waals surface area contributed by atoms with Crippen LogP contribution in [0.25, 0.3) is 0 Å². The Balaban J connectivity index is 2.12. The number of thiophene rings is 1. The minimum absolute atomic E-state index is 0.488. The maximum atomic E-state index is 8.88. The largest absolute Gasteiger partial charge is 0.490 e. The Hall–Kier alpha value is -1.51. The normalized spacial score (nSPS) is 9.95. The van der Waals surface area contributed by atoms with Crippen molar-refractivity contribution in [3.05, 3.63) is 44.6 Å². The molecule has 0 saturated heterocycles. The average Bonchev–Trinajstić information content (AvgIpc) is 2.83. The second kappa shape index (κ2) is 6.60. The van der Waals surface area contributed by atoms with E-state index < -0.39 is 0 Å². The Kier molecular flexibility index (Phi) is 4.83. The molecule has 19 heavy (non-hydrogen) atoms. The number of ether oxygens (including phenoxy) is 2. The highest BCUT2D eigenvalue weighted by molar-refractivity contribution is 9.10. The summed E-state index contributed by atoms with van der Waals surface area (Å²) in [4.78, 5) is 1.12. The molecule has 3 nitrogen and oxygen atoms in total. The van der Waals surface area contributed by atoms with Gasteiger partial charge in [0.1, 0.15) is 6.61 Å². The second-order valence-electron chi connectivity index (χ2n) is 3.73. The van der Waals surface area contributed by atoms with Crippen molar-refractivity contribution >= 4 is 27.3 Å². The molecule has 0 radical (unpaired) electrons. The lowest BCUT2D eigenvalue weighted by atomic mass is 10.2. The van der Waals surface area contributed by atoms with Gasteiger partial charge in [0, 0.05) is 20.8 Å². The summed E-state index contributed by atoms with van der Waals surface area (Å²) in [6, 6.07) is 9.30. The van der Waals surface area contributed by atoms with Crippen LogP contribution in [0.15, 0.2) is 34.1 Å². The van der Waals surface area contributed by atoms with Crippen molar-refractivity contribution in [2.24, 2.45) is 0 Å². The zero-order valence-electron chi connectivity index (χ0n) is 10.4. The minimum Gasteiger partial charge on any atom is -0.490 e. The van der Waals surface area contributed by atoms with Crippen LogP contribution in [-0.2, 0) is 6.61 Å². The smallest absolute Gasteiger partial charge is 0.162 e. The molecule has 1 aromatic heterocycles. The predicted octanol–water partition coefficient (Wildman–Crippen LogP) is 4.36. The fourth-order valence-electron chi connectivity index (χ4n) is 1.54. The van der Waals surface area contributed by atoms with E-state index in [-0.39, 0.29) is 0 Å². The van der Waals surface area contributed by atoms with Gasteiger partial charge in [-0.15, -0.1) is 11.3 Å². The Bertz CT molecular complexity index is 604. The SMILES string of the molecule is CCOc1cc(C#N)ccc1OCc1cc(Br)cs1. The van der Waals surface area contributed by atoms with Crippen molar-refractivity contribution < 1.29 is 9.47 Å². The lowest BCUT2D eigenvalue weighted by Gasteiger charge is -2.11. The third-order valence-corrected chi connectivity index (χ3v) is 4.04. The molecule has 0 unspecified atom stereocenters. The van der Waals surface area contributed by atoms with E-state index in [1.807, 2.05) is 18.4 Å². The zero-order chi connectivity index (χ0) is 13.7. The van der Waals surface area contributed by atoms with Gasteiger partial charge in [-0.3, -0.25) is 0 Å². The Morgan fingerprint density at radius 3 is 2.74 bits per heavy atom. The molecule has 98 valence electrons. The highest BCUT2D eigenvalue weighted by Gasteiger charge is 2.07. The van der Waals surface area contributed by atoms with Gasteiger partial charge in [-0.05, 0) is 41.1 Å². The van der Waals surface area contributed by atoms with Gasteiger partial charge in [0.05, 0.1) is 18.2 Å². The topological polar surface area (TPSA) is 42.2 Å². The van der Waals surface area contributed by atoms with Gasteiger partial charge < -0.3 is 9.47 Å². The highest BCUT2D eigenvalue weighted by Crippen LogP contribution is 2.30. The molecule has 0 N–H and O–H groups in total. The van der Waals surface area contributed by atoms with Crippen molar-refractivity contribution in [3.8, 4) is 17.6 Å². The van der Waals surface area contributed by atoms with Crippen LogP contribution in [0, 0.1) is 11.3 Å². The standard InChI is InChI=1S/C14H12BrNO2S/c1-2-17-14-5-10(7-16)3-4-13(14)18-8-12-6-11(15)9-19-12/h3-6,9H,2,8H2,1H3. The van der Waals surface area contributed by atoms with Crippen LogP contribution in [0.5, 0.6) is 11.5 Å². The molecule has 0 amide bonds. The van der Waals surface area contributed by atoms with Crippen molar-refractivity contribution in [1.29, 1.82) is 5.26 Å². The Labute approximate surface area is 124 Å². The first kappa shape index (κ1) is 13.9. The number of halogens is 1. The van der Waals surface area contributed by atoms with E-state index in [1.54, 1.807) is 29.5 Å². The molecule has 1 heterocycles. The number of nitrogens with zero attached hydrogens (tertiary/aromatic N) is 1. The van der Waals surface area contributed by atoms with Gasteiger partial charge in [0.25, 0.3) is 0 Å². The summed E-state index contributed by atoms with van der Waals surface area (Å²) >= 11 is 5.04. The van der Waals surface area contributed by atoms with Crippen molar-refractivity contribution in [1.82, 2.24) is 0 Å². The van der Waals surface area contributed by atoms with Crippen LogP contribution in [0.4, 0.5) is 0 Å². The summed E-state index contributed by atoms with van der Waals surface area (Å²) in [5.74, 6) is 1.27. The van der Waals surface area contributed by atoms with E-state index in [1.165, 1.54) is 0 Å². The third-order valence-electron chi connectivity index (χ3n) is 2.36. The number of benzene rings is 1. The van der Waals surface area contributed by atoms with Crippen molar-refractivity contribution in [2.75, 3.05) is 6.61 Å². The van der Waals surface area contributed by atoms with E-state index in [2.05, 4.69) is 22.0 Å². The predicted molar refractivity (Wildman–Crippen MR) is 78.7 cm³/mol. The van der Waals surface area contributed by atoms with E-state index in [9.17, 15) is 0 Å². The van der Waals surface area contributed by atoms with Gasteiger partial charge in [0.2, 0.25) is 0 Å². The second-order valence-corrected chi connectivity index (χ2v) is 5.64. The number of hydrogen-bond donors (Lipinski definition) is 0. The van der Waals surface area contributed by atoms with E-state index in [0.717, 1.165) is 9.35 Å². The lowest BCUT2D eigenvalue weighted by Crippen LogP contribution is -1.99. The first-order valence-corrected chi connectivity index (χ1v) is 7.43. The molecule has 0 aliphatic carbocycles. The van der Waals surface area contributed by atoms with Crippen molar-refractivity contribution in [3.63, 3.8) is 0 Å². The molecule has 2 aromatic rings. The van der Waals surface area contributed by atoms with Gasteiger partial charge in [0.15, 0.2) is 11.5 Å². The van der Waals surface area contributed by atoms with Crippen molar-refractivity contribution in [2.45, 2.75) is 13.5 Å². The molecule has 0 spiro atoms. The summed E-state index contributed by atoms with van der Waals surface area (Å²) < 4.78 is 12.3. The van der Waals surface area contributed by atoms with Crippen LogP contribution in [0.1, 0.15) is 17.4 Å². The van der Waals surface area contributed by atoms with Crippen LogP contribution in [0.3, 0.4) is 0 Å². The molecule has 0 saturated carbocycles. The average molecular weight is 338 g/mol. The Morgan fingerprint density at radius 1 is 1.26 bits per heavy atom. The summed E-state index contributed by atoms with van der Waals surface area (Å²) in [7, 11) is 0. The van der Waals surface area contributed by atoms with Gasteiger partial charge >= 0.3 is 0 Å². The van der Waals surface area contributed by atoms with Gasteiger partial charge in [-0.25, -0.2) is 0 Å². The monoisotopic (exact) mass is 337 g/mol. The molecule has 0 aliphatic heterocycles. The van der Waals surface area contributed by atoms with Gasteiger partial charge in [-0.1, -0.05) is 0 Å². The first-order valence-electron chi connectivity index (χ1n) is 5.75. The number of rotatable bonds is 5. The molecule has 0 atom stereocenters. The maximum Gasteiger partial charge on any atom is 0.162 e. The molecule has 5 heteroatoms. The third kappa shape index (κ3) is 3.72. The fourth-order valence-corrected chi connectivity index (χ4v) is 2.91. The zero-order valence-corrected chi connectivity index (χ0v) is 12.8. The highest BCUT2D eigenvalue weighted by atomic mass is 79.9. The molecular weight excluding hydrogens is 326 g/mol. The number of hydrogen-bond acceptors (Lipinski definition) is 4. The molecular formula is C14H12BrNO2S. The van der Waals surface area contributed by atoms with Gasteiger partial charge in [-0.2, -0.15) is 5.26 Å². The quantitative estimate of drug-likeness (QED) is 0.813. The molecule has 1 aromatic carbocycles. The fraction of sp³-hybridized carbons (Fsp3) is 0.214. The Morgan fingerprint density at radius 2 is 2.11 bits per heavy atom. The lowest BCUT2D eigenvalue weighted by molar-refractivity contribution is 0.271. The molecule has 0 fully saturated rings. The van der Waals surface area contributed by atoms with Crippen LogP contribution < -0.4 is 9.47 Å².